The Morgan fingerprint density at radius 3 is 2.76 bits per heavy atom. The van der Waals surface area contributed by atoms with Crippen molar-refractivity contribution in [1.82, 2.24) is 19.4 Å². The van der Waals surface area contributed by atoms with E-state index in [0.29, 0.717) is 29.0 Å². The number of fused-ring (bicyclic) bond motifs is 4. The van der Waals surface area contributed by atoms with E-state index >= 15 is 0 Å². The summed E-state index contributed by atoms with van der Waals surface area (Å²) >= 11 is 0. The van der Waals surface area contributed by atoms with Crippen LogP contribution >= 0.6 is 0 Å². The van der Waals surface area contributed by atoms with Gasteiger partial charge in [-0.15, -0.1) is 0 Å². The molecule has 0 radical (unpaired) electrons. The third-order valence-electron chi connectivity index (χ3n) is 5.97. The van der Waals surface area contributed by atoms with Gasteiger partial charge in [0.25, 0.3) is 11.5 Å². The smallest absolute Gasteiger partial charge is 0.255 e. The quantitative estimate of drug-likeness (QED) is 0.800. The lowest BCUT2D eigenvalue weighted by atomic mass is 9.82. The van der Waals surface area contributed by atoms with Gasteiger partial charge in [-0.3, -0.25) is 14.6 Å². The Bertz CT molecular complexity index is 979. The van der Waals surface area contributed by atoms with Crippen molar-refractivity contribution >= 4 is 5.91 Å². The number of hydrogen-bond donors (Lipinski definition) is 0. The second kappa shape index (κ2) is 7.75. The molecule has 1 saturated heterocycles. The average Bonchev–Trinajstić information content (AvgIpc) is 2.67. The SMILES string of the molecule is CC(C)CN1C[C@@H]2C[C@H](C1)c1cc(-c3ncccc3C(=O)N(C)C)cc(=O)n1C2. The van der Waals surface area contributed by atoms with Crippen LogP contribution in [0, 0.1) is 11.8 Å². The molecule has 2 aliphatic heterocycles. The normalized spacial score (nSPS) is 21.1. The molecule has 2 bridgehead atoms. The highest BCUT2D eigenvalue weighted by Crippen LogP contribution is 2.37. The highest BCUT2D eigenvalue weighted by atomic mass is 16.2. The van der Waals surface area contributed by atoms with Gasteiger partial charge in [-0.1, -0.05) is 13.8 Å². The molecule has 0 saturated carbocycles. The Morgan fingerprint density at radius 2 is 2.03 bits per heavy atom. The molecule has 0 N–H and O–H groups in total. The molecule has 0 aliphatic carbocycles. The fraction of sp³-hybridized carbons (Fsp3) is 0.522. The first kappa shape index (κ1) is 19.8. The Kier molecular flexibility index (Phi) is 5.30. The summed E-state index contributed by atoms with van der Waals surface area (Å²) in [6.07, 6.45) is 2.81. The van der Waals surface area contributed by atoms with E-state index in [1.165, 1.54) is 0 Å². The molecule has 1 amide bonds. The van der Waals surface area contributed by atoms with Gasteiger partial charge in [-0.25, -0.2) is 0 Å². The molecule has 1 fully saturated rings. The van der Waals surface area contributed by atoms with Gasteiger partial charge in [0, 0.05) is 69.7 Å². The van der Waals surface area contributed by atoms with Gasteiger partial charge in [0.05, 0.1) is 11.3 Å². The molecule has 6 heteroatoms. The molecule has 154 valence electrons. The van der Waals surface area contributed by atoms with Crippen molar-refractivity contribution in [1.29, 1.82) is 0 Å². The van der Waals surface area contributed by atoms with Crippen LogP contribution in [0.5, 0.6) is 0 Å². The number of aromatic nitrogens is 2. The van der Waals surface area contributed by atoms with Crippen LogP contribution in [0.15, 0.2) is 35.3 Å². The van der Waals surface area contributed by atoms with Gasteiger partial charge >= 0.3 is 0 Å². The van der Waals surface area contributed by atoms with Gasteiger partial charge in [0.2, 0.25) is 0 Å². The van der Waals surface area contributed by atoms with Crippen molar-refractivity contribution in [2.75, 3.05) is 33.7 Å². The zero-order chi connectivity index (χ0) is 20.7. The van der Waals surface area contributed by atoms with Crippen LogP contribution in [0.1, 0.15) is 42.2 Å². The maximum absolute atomic E-state index is 13.0. The minimum Gasteiger partial charge on any atom is -0.345 e. The maximum atomic E-state index is 13.0. The topological polar surface area (TPSA) is 58.4 Å². The maximum Gasteiger partial charge on any atom is 0.255 e. The molecule has 2 aromatic rings. The van der Waals surface area contributed by atoms with Crippen molar-refractivity contribution in [3.8, 4) is 11.3 Å². The van der Waals surface area contributed by atoms with Crippen LogP contribution in [0.25, 0.3) is 11.3 Å². The third-order valence-corrected chi connectivity index (χ3v) is 5.97. The monoisotopic (exact) mass is 394 g/mol. The molecule has 0 unspecified atom stereocenters. The minimum atomic E-state index is -0.105. The number of pyridine rings is 2. The summed E-state index contributed by atoms with van der Waals surface area (Å²) in [6.45, 7) is 8.45. The molecular formula is C23H30N4O2. The summed E-state index contributed by atoms with van der Waals surface area (Å²) in [4.78, 5) is 34.2. The zero-order valence-electron chi connectivity index (χ0n) is 17.8. The van der Waals surface area contributed by atoms with E-state index in [9.17, 15) is 9.59 Å². The van der Waals surface area contributed by atoms with Crippen molar-refractivity contribution in [2.45, 2.75) is 32.7 Å². The first-order valence-corrected chi connectivity index (χ1v) is 10.5. The van der Waals surface area contributed by atoms with Gasteiger partial charge in [-0.05, 0) is 36.5 Å². The van der Waals surface area contributed by atoms with Crippen LogP contribution in [-0.4, -0.2) is 59.0 Å². The van der Waals surface area contributed by atoms with Crippen molar-refractivity contribution in [2.24, 2.45) is 11.8 Å². The van der Waals surface area contributed by atoms with E-state index in [1.54, 1.807) is 43.4 Å². The molecule has 29 heavy (non-hydrogen) atoms. The Hall–Kier alpha value is -2.47. The summed E-state index contributed by atoms with van der Waals surface area (Å²) < 4.78 is 1.95. The standard InChI is InChI=1S/C23H30N4O2/c1-15(2)11-26-12-16-8-18(14-26)20-9-17(10-21(28)27(20)13-16)22-19(6-5-7-24-22)23(29)25(3)4/h5-7,9-10,15-16,18H,8,11-14H2,1-4H3/t16-,18+/m0/s1. The first-order chi connectivity index (χ1) is 13.8. The highest BCUT2D eigenvalue weighted by Gasteiger charge is 2.35. The number of amides is 1. The van der Waals surface area contributed by atoms with Crippen LogP contribution in [0.4, 0.5) is 0 Å². The number of hydrogen-bond acceptors (Lipinski definition) is 4. The molecule has 0 aromatic carbocycles. The largest absolute Gasteiger partial charge is 0.345 e. The van der Waals surface area contributed by atoms with E-state index in [2.05, 4.69) is 29.8 Å². The summed E-state index contributed by atoms with van der Waals surface area (Å²) in [6, 6.07) is 7.28. The second-order valence-electron chi connectivity index (χ2n) is 9.13. The molecule has 4 heterocycles. The lowest BCUT2D eigenvalue weighted by Crippen LogP contribution is -2.48. The zero-order valence-corrected chi connectivity index (χ0v) is 17.8. The molecule has 2 atom stereocenters. The number of carbonyl (C=O) groups is 1. The van der Waals surface area contributed by atoms with Crippen LogP contribution in [0.3, 0.4) is 0 Å². The number of piperidine rings is 1. The Labute approximate surface area is 172 Å². The van der Waals surface area contributed by atoms with E-state index < -0.39 is 0 Å². The fourth-order valence-electron chi connectivity index (χ4n) is 4.91. The molecule has 6 nitrogen and oxygen atoms in total. The number of nitrogens with zero attached hydrogens (tertiary/aromatic N) is 4. The van der Waals surface area contributed by atoms with E-state index in [0.717, 1.165) is 43.9 Å². The number of likely N-dealkylation sites (tertiary alicyclic amines) is 1. The van der Waals surface area contributed by atoms with E-state index in [4.69, 9.17) is 0 Å². The molecular weight excluding hydrogens is 364 g/mol. The van der Waals surface area contributed by atoms with Crippen molar-refractivity contribution < 1.29 is 4.79 Å². The summed E-state index contributed by atoms with van der Waals surface area (Å²) in [5, 5.41) is 0. The van der Waals surface area contributed by atoms with Gasteiger partial charge in [-0.2, -0.15) is 0 Å². The highest BCUT2D eigenvalue weighted by molar-refractivity contribution is 5.99. The first-order valence-electron chi connectivity index (χ1n) is 10.5. The molecule has 2 aliphatic rings. The van der Waals surface area contributed by atoms with Crippen LogP contribution in [0.2, 0.25) is 0 Å². The fourth-order valence-corrected chi connectivity index (χ4v) is 4.91. The number of rotatable bonds is 4. The summed E-state index contributed by atoms with van der Waals surface area (Å²) in [5.74, 6) is 1.41. The van der Waals surface area contributed by atoms with Crippen LogP contribution < -0.4 is 5.56 Å². The summed E-state index contributed by atoms with van der Waals surface area (Å²) in [7, 11) is 3.46. The second-order valence-corrected chi connectivity index (χ2v) is 9.13. The van der Waals surface area contributed by atoms with Crippen molar-refractivity contribution in [3.63, 3.8) is 0 Å². The lowest BCUT2D eigenvalue weighted by Gasteiger charge is -2.43. The van der Waals surface area contributed by atoms with Crippen LogP contribution in [-0.2, 0) is 6.54 Å². The van der Waals surface area contributed by atoms with Gasteiger partial charge < -0.3 is 14.4 Å². The third kappa shape index (κ3) is 3.86. The average molecular weight is 395 g/mol. The Morgan fingerprint density at radius 1 is 1.24 bits per heavy atom. The predicted octanol–water partition coefficient (Wildman–Crippen LogP) is 2.69. The van der Waals surface area contributed by atoms with E-state index in [1.807, 2.05) is 4.57 Å². The van der Waals surface area contributed by atoms with Crippen molar-refractivity contribution in [3.05, 3.63) is 52.1 Å². The Balaban J connectivity index is 1.75. The van der Waals surface area contributed by atoms with Gasteiger partial charge in [0.15, 0.2) is 0 Å². The minimum absolute atomic E-state index is 0.0124. The van der Waals surface area contributed by atoms with Gasteiger partial charge in [0.1, 0.15) is 0 Å². The lowest BCUT2D eigenvalue weighted by molar-refractivity contribution is 0.0828. The predicted molar refractivity (Wildman–Crippen MR) is 114 cm³/mol. The molecule has 4 rings (SSSR count). The molecule has 2 aromatic heterocycles. The summed E-state index contributed by atoms with van der Waals surface area (Å²) in [5.41, 5.74) is 2.96. The van der Waals surface area contributed by atoms with E-state index in [-0.39, 0.29) is 11.5 Å². The number of carbonyl (C=O) groups excluding carboxylic acids is 1. The molecule has 0 spiro atoms.